The van der Waals surface area contributed by atoms with Crippen molar-refractivity contribution in [2.45, 2.75) is 52.6 Å². The highest BCUT2D eigenvalue weighted by molar-refractivity contribution is 5.81. The van der Waals surface area contributed by atoms with Gasteiger partial charge in [0.1, 0.15) is 0 Å². The van der Waals surface area contributed by atoms with E-state index in [1.807, 2.05) is 20.8 Å². The molecule has 106 valence electrons. The Morgan fingerprint density at radius 2 is 2.11 bits per heavy atom. The minimum Gasteiger partial charge on any atom is -0.353 e. The zero-order valence-electron chi connectivity index (χ0n) is 12.3. The molecule has 0 aromatic carbocycles. The lowest BCUT2D eigenvalue weighted by atomic mass is 9.96. The first-order valence-corrected chi connectivity index (χ1v) is 7.29. The van der Waals surface area contributed by atoms with Gasteiger partial charge in [-0.3, -0.25) is 9.69 Å². The van der Waals surface area contributed by atoms with Crippen molar-refractivity contribution in [2.75, 3.05) is 26.2 Å². The molecule has 2 unspecified atom stereocenters. The number of hydrogen-bond acceptors (Lipinski definition) is 3. The van der Waals surface area contributed by atoms with Crippen LogP contribution in [-0.4, -0.2) is 49.1 Å². The standard InChI is InChI=1S/C14H29N3O/c1-5-15-9-13-7-6-8-17(10-13)12(4)14(18)16-11(2)3/h11-13,15H,5-10H2,1-4H3,(H,16,18). The molecule has 0 aromatic rings. The van der Waals surface area contributed by atoms with Crippen LogP contribution in [-0.2, 0) is 4.79 Å². The fourth-order valence-corrected chi connectivity index (χ4v) is 2.54. The molecule has 0 radical (unpaired) electrons. The number of amides is 1. The summed E-state index contributed by atoms with van der Waals surface area (Å²) in [6, 6.07) is 0.221. The number of piperidine rings is 1. The zero-order valence-corrected chi connectivity index (χ0v) is 12.3. The summed E-state index contributed by atoms with van der Waals surface area (Å²) in [6.45, 7) is 12.4. The SMILES string of the molecule is CCNCC1CCCN(C(C)C(=O)NC(C)C)C1. The van der Waals surface area contributed by atoms with Crippen LogP contribution in [0.2, 0.25) is 0 Å². The summed E-state index contributed by atoms with van der Waals surface area (Å²) in [4.78, 5) is 14.3. The lowest BCUT2D eigenvalue weighted by Gasteiger charge is -2.36. The van der Waals surface area contributed by atoms with Crippen molar-refractivity contribution in [3.8, 4) is 0 Å². The van der Waals surface area contributed by atoms with Gasteiger partial charge in [-0.05, 0) is 59.2 Å². The van der Waals surface area contributed by atoms with E-state index in [0.29, 0.717) is 5.92 Å². The fourth-order valence-electron chi connectivity index (χ4n) is 2.54. The smallest absolute Gasteiger partial charge is 0.237 e. The Bertz CT molecular complexity index is 255. The van der Waals surface area contributed by atoms with Gasteiger partial charge < -0.3 is 10.6 Å². The van der Waals surface area contributed by atoms with Crippen LogP contribution in [0.3, 0.4) is 0 Å². The third-order valence-electron chi connectivity index (χ3n) is 3.59. The molecule has 1 fully saturated rings. The molecule has 1 aliphatic heterocycles. The number of likely N-dealkylation sites (tertiary alicyclic amines) is 1. The Balaban J connectivity index is 2.42. The summed E-state index contributed by atoms with van der Waals surface area (Å²) in [5, 5.41) is 6.41. The Labute approximate surface area is 111 Å². The maximum Gasteiger partial charge on any atom is 0.237 e. The lowest BCUT2D eigenvalue weighted by molar-refractivity contribution is -0.127. The van der Waals surface area contributed by atoms with Gasteiger partial charge >= 0.3 is 0 Å². The minimum absolute atomic E-state index is 0.00294. The Kier molecular flexibility index (Phi) is 6.65. The molecule has 1 rings (SSSR count). The van der Waals surface area contributed by atoms with E-state index in [-0.39, 0.29) is 18.0 Å². The molecule has 0 bridgehead atoms. The van der Waals surface area contributed by atoms with Gasteiger partial charge in [-0.25, -0.2) is 0 Å². The Hall–Kier alpha value is -0.610. The van der Waals surface area contributed by atoms with Gasteiger partial charge in [0.15, 0.2) is 0 Å². The second-order valence-electron chi connectivity index (χ2n) is 5.65. The van der Waals surface area contributed by atoms with Gasteiger partial charge in [0.25, 0.3) is 0 Å². The fraction of sp³-hybridized carbons (Fsp3) is 0.929. The highest BCUT2D eigenvalue weighted by Crippen LogP contribution is 2.18. The molecule has 1 aliphatic rings. The molecule has 0 aliphatic carbocycles. The van der Waals surface area contributed by atoms with E-state index in [1.54, 1.807) is 0 Å². The molecular formula is C14H29N3O. The predicted molar refractivity (Wildman–Crippen MR) is 75.6 cm³/mol. The van der Waals surface area contributed by atoms with Crippen molar-refractivity contribution in [1.29, 1.82) is 0 Å². The molecule has 1 amide bonds. The summed E-state index contributed by atoms with van der Waals surface area (Å²) < 4.78 is 0. The van der Waals surface area contributed by atoms with Crippen LogP contribution in [0.25, 0.3) is 0 Å². The Morgan fingerprint density at radius 3 is 2.72 bits per heavy atom. The van der Waals surface area contributed by atoms with Crippen LogP contribution >= 0.6 is 0 Å². The number of rotatable bonds is 6. The van der Waals surface area contributed by atoms with Crippen molar-refractivity contribution < 1.29 is 4.79 Å². The van der Waals surface area contributed by atoms with E-state index in [2.05, 4.69) is 22.5 Å². The van der Waals surface area contributed by atoms with Crippen LogP contribution in [0.5, 0.6) is 0 Å². The largest absolute Gasteiger partial charge is 0.353 e. The predicted octanol–water partition coefficient (Wildman–Crippen LogP) is 1.22. The lowest BCUT2D eigenvalue weighted by Crippen LogP contribution is -2.51. The minimum atomic E-state index is -0.00294. The highest BCUT2D eigenvalue weighted by atomic mass is 16.2. The van der Waals surface area contributed by atoms with Crippen LogP contribution in [0.15, 0.2) is 0 Å². The first-order chi connectivity index (χ1) is 8.54. The molecule has 2 N–H and O–H groups in total. The highest BCUT2D eigenvalue weighted by Gasteiger charge is 2.27. The van der Waals surface area contributed by atoms with Gasteiger partial charge in [0.05, 0.1) is 6.04 Å². The maximum atomic E-state index is 12.0. The van der Waals surface area contributed by atoms with Crippen LogP contribution < -0.4 is 10.6 Å². The molecule has 4 heteroatoms. The van der Waals surface area contributed by atoms with E-state index in [0.717, 1.165) is 26.2 Å². The molecule has 2 atom stereocenters. The van der Waals surface area contributed by atoms with Crippen molar-refractivity contribution in [1.82, 2.24) is 15.5 Å². The van der Waals surface area contributed by atoms with Gasteiger partial charge in [-0.1, -0.05) is 6.92 Å². The zero-order chi connectivity index (χ0) is 13.5. The van der Waals surface area contributed by atoms with Crippen molar-refractivity contribution in [3.05, 3.63) is 0 Å². The normalized spacial score (nSPS) is 23.1. The quantitative estimate of drug-likeness (QED) is 0.750. The topological polar surface area (TPSA) is 44.4 Å². The van der Waals surface area contributed by atoms with Crippen molar-refractivity contribution in [3.63, 3.8) is 0 Å². The monoisotopic (exact) mass is 255 g/mol. The van der Waals surface area contributed by atoms with Crippen LogP contribution in [0.4, 0.5) is 0 Å². The first kappa shape index (κ1) is 15.4. The van der Waals surface area contributed by atoms with Crippen molar-refractivity contribution >= 4 is 5.91 Å². The number of carbonyl (C=O) groups is 1. The molecule has 0 aromatic heterocycles. The van der Waals surface area contributed by atoms with E-state index in [9.17, 15) is 4.79 Å². The van der Waals surface area contributed by atoms with Gasteiger partial charge in [0.2, 0.25) is 5.91 Å². The summed E-state index contributed by atoms with van der Waals surface area (Å²) in [5.41, 5.74) is 0. The molecule has 1 heterocycles. The summed E-state index contributed by atoms with van der Waals surface area (Å²) in [7, 11) is 0. The summed E-state index contributed by atoms with van der Waals surface area (Å²) >= 11 is 0. The van der Waals surface area contributed by atoms with E-state index in [1.165, 1.54) is 12.8 Å². The maximum absolute atomic E-state index is 12.0. The second-order valence-corrected chi connectivity index (χ2v) is 5.65. The summed E-state index contributed by atoms with van der Waals surface area (Å²) in [6.07, 6.45) is 2.48. The van der Waals surface area contributed by atoms with E-state index in [4.69, 9.17) is 0 Å². The van der Waals surface area contributed by atoms with Crippen LogP contribution in [0.1, 0.15) is 40.5 Å². The number of nitrogens with zero attached hydrogens (tertiary/aromatic N) is 1. The second kappa shape index (κ2) is 7.74. The molecular weight excluding hydrogens is 226 g/mol. The third-order valence-corrected chi connectivity index (χ3v) is 3.59. The van der Waals surface area contributed by atoms with E-state index < -0.39 is 0 Å². The van der Waals surface area contributed by atoms with Gasteiger partial charge in [-0.15, -0.1) is 0 Å². The number of hydrogen-bond donors (Lipinski definition) is 2. The molecule has 0 spiro atoms. The average Bonchev–Trinajstić information content (AvgIpc) is 2.35. The van der Waals surface area contributed by atoms with Gasteiger partial charge in [0, 0.05) is 12.6 Å². The Morgan fingerprint density at radius 1 is 1.39 bits per heavy atom. The number of nitrogens with one attached hydrogen (secondary N) is 2. The third kappa shape index (κ3) is 4.94. The van der Waals surface area contributed by atoms with Crippen LogP contribution in [0, 0.1) is 5.92 Å². The average molecular weight is 255 g/mol. The summed E-state index contributed by atoms with van der Waals surface area (Å²) in [5.74, 6) is 0.849. The molecule has 0 saturated carbocycles. The number of carbonyl (C=O) groups excluding carboxylic acids is 1. The molecule has 4 nitrogen and oxygen atoms in total. The first-order valence-electron chi connectivity index (χ1n) is 7.29. The molecule has 18 heavy (non-hydrogen) atoms. The van der Waals surface area contributed by atoms with Crippen molar-refractivity contribution in [2.24, 2.45) is 5.92 Å². The van der Waals surface area contributed by atoms with Gasteiger partial charge in [-0.2, -0.15) is 0 Å². The molecule has 1 saturated heterocycles. The van der Waals surface area contributed by atoms with E-state index >= 15 is 0 Å².